The third-order valence-corrected chi connectivity index (χ3v) is 6.90. The fraction of sp³-hybridized carbons (Fsp3) is 0.360. The number of hydrogen-bond acceptors (Lipinski definition) is 7. The van der Waals surface area contributed by atoms with E-state index in [1.807, 2.05) is 18.2 Å². The van der Waals surface area contributed by atoms with Crippen molar-refractivity contribution in [3.63, 3.8) is 0 Å². The van der Waals surface area contributed by atoms with Gasteiger partial charge in [-0.05, 0) is 67.3 Å². The zero-order chi connectivity index (χ0) is 23.8. The van der Waals surface area contributed by atoms with Crippen LogP contribution in [-0.2, 0) is 16.1 Å². The van der Waals surface area contributed by atoms with Crippen molar-refractivity contribution in [3.8, 4) is 6.07 Å². The predicted molar refractivity (Wildman–Crippen MR) is 127 cm³/mol. The fourth-order valence-corrected chi connectivity index (χ4v) is 4.88. The third-order valence-electron chi connectivity index (χ3n) is 6.65. The van der Waals surface area contributed by atoms with Gasteiger partial charge in [0.15, 0.2) is 5.65 Å². The normalized spacial score (nSPS) is 22.0. The second-order valence-electron chi connectivity index (χ2n) is 8.99. The molecule has 1 saturated carbocycles. The van der Waals surface area contributed by atoms with Crippen LogP contribution in [0.1, 0.15) is 42.0 Å². The summed E-state index contributed by atoms with van der Waals surface area (Å²) in [5.41, 5.74) is 2.02. The molecule has 0 spiro atoms. The Labute approximate surface area is 200 Å². The maximum atomic E-state index is 12.9. The molecule has 0 radical (unpaired) electrons. The van der Waals surface area contributed by atoms with Crippen molar-refractivity contribution in [3.05, 3.63) is 68.9 Å². The standard InChI is InChI=1S/C25H22ClN5O3/c1-14-6-20(10-27)30-23-22(14)24(32)31(13-29-23)12-21-28-11-18(25(33)34-21)9-15-7-17(8-15)16-2-4-19(26)5-3-16/h2-6,13,15,17-18H,7-9,11-12H2,1H3/t15-,17-,18?. The maximum Gasteiger partial charge on any atom is 0.317 e. The van der Waals surface area contributed by atoms with E-state index >= 15 is 0 Å². The number of cyclic esters (lactones) is 1. The molecule has 2 aromatic heterocycles. The van der Waals surface area contributed by atoms with E-state index in [4.69, 9.17) is 21.6 Å². The Morgan fingerprint density at radius 1 is 1.24 bits per heavy atom. The average molecular weight is 476 g/mol. The highest BCUT2D eigenvalue weighted by Gasteiger charge is 2.36. The number of esters is 1. The number of nitrogens with zero attached hydrogens (tertiary/aromatic N) is 5. The van der Waals surface area contributed by atoms with E-state index in [2.05, 4.69) is 27.1 Å². The third kappa shape index (κ3) is 4.31. The number of fused-ring (bicyclic) bond motifs is 1. The lowest BCUT2D eigenvalue weighted by atomic mass is 9.68. The van der Waals surface area contributed by atoms with Crippen LogP contribution in [0.2, 0.25) is 5.02 Å². The minimum absolute atomic E-state index is 0.0156. The summed E-state index contributed by atoms with van der Waals surface area (Å²) in [6.07, 6.45) is 4.18. The molecule has 34 heavy (non-hydrogen) atoms. The van der Waals surface area contributed by atoms with Crippen molar-refractivity contribution in [2.45, 2.75) is 38.6 Å². The van der Waals surface area contributed by atoms with Crippen LogP contribution in [0.4, 0.5) is 0 Å². The summed E-state index contributed by atoms with van der Waals surface area (Å²) in [5, 5.41) is 10.1. The van der Waals surface area contributed by atoms with Gasteiger partial charge in [0.2, 0.25) is 5.90 Å². The van der Waals surface area contributed by atoms with E-state index < -0.39 is 0 Å². The van der Waals surface area contributed by atoms with Crippen molar-refractivity contribution in [2.75, 3.05) is 6.54 Å². The van der Waals surface area contributed by atoms with Gasteiger partial charge in [-0.15, -0.1) is 0 Å². The first-order chi connectivity index (χ1) is 16.4. The number of ether oxygens (including phenoxy) is 1. The van der Waals surface area contributed by atoms with Gasteiger partial charge in [0.1, 0.15) is 24.6 Å². The lowest BCUT2D eigenvalue weighted by Crippen LogP contribution is -2.36. The topological polar surface area (TPSA) is 110 Å². The number of hydrogen-bond donors (Lipinski definition) is 0. The van der Waals surface area contributed by atoms with Crippen LogP contribution < -0.4 is 5.56 Å². The van der Waals surface area contributed by atoms with Gasteiger partial charge in [-0.2, -0.15) is 5.26 Å². The Kier molecular flexibility index (Phi) is 5.88. The number of halogens is 1. The Balaban J connectivity index is 1.22. The number of aryl methyl sites for hydroxylation is 1. The molecule has 9 heteroatoms. The minimum Gasteiger partial charge on any atom is -0.410 e. The molecule has 172 valence electrons. The lowest BCUT2D eigenvalue weighted by Gasteiger charge is -2.37. The molecule has 0 bridgehead atoms. The van der Waals surface area contributed by atoms with Crippen molar-refractivity contribution in [1.82, 2.24) is 14.5 Å². The summed E-state index contributed by atoms with van der Waals surface area (Å²) >= 11 is 5.97. The molecule has 5 rings (SSSR count). The predicted octanol–water partition coefficient (Wildman–Crippen LogP) is 3.78. The van der Waals surface area contributed by atoms with Crippen LogP contribution >= 0.6 is 11.6 Å². The van der Waals surface area contributed by atoms with Crippen molar-refractivity contribution in [1.29, 1.82) is 5.26 Å². The Morgan fingerprint density at radius 2 is 2.00 bits per heavy atom. The Bertz CT molecular complexity index is 1400. The van der Waals surface area contributed by atoms with E-state index in [9.17, 15) is 9.59 Å². The van der Waals surface area contributed by atoms with Crippen LogP contribution in [0.15, 0.2) is 46.4 Å². The number of aliphatic imine (C=N–C) groups is 1. The summed E-state index contributed by atoms with van der Waals surface area (Å²) in [6.45, 7) is 2.11. The van der Waals surface area contributed by atoms with Gasteiger partial charge in [-0.1, -0.05) is 23.7 Å². The van der Waals surface area contributed by atoms with Crippen LogP contribution in [0.5, 0.6) is 0 Å². The first-order valence-corrected chi connectivity index (χ1v) is 11.6. The highest BCUT2D eigenvalue weighted by molar-refractivity contribution is 6.30. The number of carbonyl (C=O) groups is 1. The van der Waals surface area contributed by atoms with Crippen LogP contribution in [-0.4, -0.2) is 32.9 Å². The molecule has 2 aliphatic rings. The molecule has 1 aliphatic carbocycles. The molecule has 1 unspecified atom stereocenters. The SMILES string of the molecule is Cc1cc(C#N)nc2ncn(CC3=NCC(C[C@H]4C[C@H](c5ccc(Cl)cc5)C4)C(=O)O3)c(=O)c12. The molecule has 8 nitrogen and oxygen atoms in total. The fourth-order valence-electron chi connectivity index (χ4n) is 4.76. The molecule has 0 N–H and O–H groups in total. The number of benzene rings is 1. The molecule has 0 amide bonds. The second-order valence-corrected chi connectivity index (χ2v) is 9.42. The van der Waals surface area contributed by atoms with E-state index in [1.54, 1.807) is 13.0 Å². The van der Waals surface area contributed by atoms with Gasteiger partial charge >= 0.3 is 5.97 Å². The molecule has 3 heterocycles. The molecule has 1 atom stereocenters. The summed E-state index contributed by atoms with van der Waals surface area (Å²) in [5.74, 6) is 0.628. The van der Waals surface area contributed by atoms with Gasteiger partial charge in [0, 0.05) is 5.02 Å². The van der Waals surface area contributed by atoms with Crippen LogP contribution in [0, 0.1) is 30.1 Å². The highest BCUT2D eigenvalue weighted by atomic mass is 35.5. The first kappa shape index (κ1) is 22.2. The van der Waals surface area contributed by atoms with E-state index in [1.165, 1.54) is 16.5 Å². The van der Waals surface area contributed by atoms with Crippen LogP contribution in [0.3, 0.4) is 0 Å². The molecular weight excluding hydrogens is 454 g/mol. The molecule has 3 aromatic rings. The Morgan fingerprint density at radius 3 is 2.71 bits per heavy atom. The zero-order valence-corrected chi connectivity index (χ0v) is 19.3. The maximum absolute atomic E-state index is 12.9. The van der Waals surface area contributed by atoms with Gasteiger partial charge in [0.05, 0.1) is 17.8 Å². The number of aromatic nitrogens is 3. The van der Waals surface area contributed by atoms with E-state index in [0.717, 1.165) is 24.3 Å². The molecule has 1 aliphatic heterocycles. The summed E-state index contributed by atoms with van der Waals surface area (Å²) < 4.78 is 6.83. The number of carbonyl (C=O) groups excluding carboxylic acids is 1. The monoisotopic (exact) mass is 475 g/mol. The van der Waals surface area contributed by atoms with Gasteiger partial charge < -0.3 is 4.74 Å². The number of pyridine rings is 1. The molecule has 1 aromatic carbocycles. The largest absolute Gasteiger partial charge is 0.410 e. The first-order valence-electron chi connectivity index (χ1n) is 11.2. The minimum atomic E-state index is -0.317. The molecule has 1 fully saturated rings. The zero-order valence-electron chi connectivity index (χ0n) is 18.6. The van der Waals surface area contributed by atoms with Crippen molar-refractivity contribution >= 4 is 34.5 Å². The number of rotatable bonds is 5. The van der Waals surface area contributed by atoms with E-state index in [-0.39, 0.29) is 41.2 Å². The van der Waals surface area contributed by atoms with Gasteiger partial charge in [-0.3, -0.25) is 19.1 Å². The molecule has 0 saturated heterocycles. The Hall–Kier alpha value is -3.57. The van der Waals surface area contributed by atoms with Gasteiger partial charge in [0.25, 0.3) is 5.56 Å². The molecular formula is C25H22ClN5O3. The average Bonchev–Trinajstić information content (AvgIpc) is 2.79. The quantitative estimate of drug-likeness (QED) is 0.519. The smallest absolute Gasteiger partial charge is 0.317 e. The highest BCUT2D eigenvalue weighted by Crippen LogP contribution is 2.45. The van der Waals surface area contributed by atoms with Crippen molar-refractivity contribution in [2.24, 2.45) is 16.8 Å². The lowest BCUT2D eigenvalue weighted by molar-refractivity contribution is -0.142. The summed E-state index contributed by atoms with van der Waals surface area (Å²) in [7, 11) is 0. The summed E-state index contributed by atoms with van der Waals surface area (Å²) in [4.78, 5) is 38.3. The van der Waals surface area contributed by atoms with Crippen molar-refractivity contribution < 1.29 is 9.53 Å². The van der Waals surface area contributed by atoms with Gasteiger partial charge in [-0.25, -0.2) is 9.97 Å². The van der Waals surface area contributed by atoms with Crippen LogP contribution in [0.25, 0.3) is 11.0 Å². The number of nitriles is 1. The second kappa shape index (κ2) is 8.99. The summed E-state index contributed by atoms with van der Waals surface area (Å²) in [6, 6.07) is 11.5. The van der Waals surface area contributed by atoms with E-state index in [0.29, 0.717) is 29.3 Å².